The molecule has 1 aromatic heterocycles. The van der Waals surface area contributed by atoms with E-state index in [1.807, 2.05) is 34.1 Å². The average molecular weight is 441 g/mol. The van der Waals surface area contributed by atoms with Crippen LogP contribution in [-0.4, -0.2) is 54.5 Å². The van der Waals surface area contributed by atoms with Gasteiger partial charge in [0.15, 0.2) is 11.5 Å². The van der Waals surface area contributed by atoms with Gasteiger partial charge in [0.05, 0.1) is 13.2 Å². The molecule has 2 amide bonds. The average Bonchev–Trinajstić information content (AvgIpc) is 3.72. The minimum atomic E-state index is -0.163. The van der Waals surface area contributed by atoms with Crippen molar-refractivity contribution in [1.82, 2.24) is 9.80 Å². The third-order valence-corrected chi connectivity index (χ3v) is 7.38. The summed E-state index contributed by atoms with van der Waals surface area (Å²) in [7, 11) is 1.62. The summed E-state index contributed by atoms with van der Waals surface area (Å²) in [5, 5.41) is 2.09. The first kappa shape index (κ1) is 20.4. The van der Waals surface area contributed by atoms with Crippen LogP contribution >= 0.6 is 11.3 Å². The Morgan fingerprint density at radius 1 is 1.13 bits per heavy atom. The second-order valence-corrected chi connectivity index (χ2v) is 9.59. The van der Waals surface area contributed by atoms with Crippen LogP contribution in [-0.2, 0) is 16.0 Å². The van der Waals surface area contributed by atoms with Gasteiger partial charge in [-0.3, -0.25) is 9.59 Å². The zero-order valence-electron chi connectivity index (χ0n) is 17.8. The fourth-order valence-electron chi connectivity index (χ4n) is 4.36. The van der Waals surface area contributed by atoms with Crippen molar-refractivity contribution >= 4 is 23.2 Å². The maximum Gasteiger partial charge on any atom is 0.242 e. The molecule has 0 saturated heterocycles. The molecule has 1 aromatic carbocycles. The van der Waals surface area contributed by atoms with Crippen LogP contribution in [0.25, 0.3) is 0 Å². The SMILES string of the molecule is COc1ccccc1OCC1c2ccsc2CCN1C(=O)CN(C(=O)C1CC1)C1CC1. The van der Waals surface area contributed by atoms with E-state index in [0.717, 1.165) is 37.7 Å². The van der Waals surface area contributed by atoms with Crippen molar-refractivity contribution in [1.29, 1.82) is 0 Å². The predicted molar refractivity (Wildman–Crippen MR) is 118 cm³/mol. The number of hydrogen-bond donors (Lipinski definition) is 0. The number of methoxy groups -OCH3 is 1. The molecule has 2 aliphatic carbocycles. The summed E-state index contributed by atoms with van der Waals surface area (Å²) in [6.45, 7) is 1.20. The Labute approximate surface area is 186 Å². The molecule has 6 nitrogen and oxygen atoms in total. The fraction of sp³-hybridized carbons (Fsp3) is 0.500. The molecular formula is C24H28N2O4S. The molecule has 2 fully saturated rings. The van der Waals surface area contributed by atoms with E-state index in [1.54, 1.807) is 18.4 Å². The molecule has 1 aliphatic heterocycles. The maximum atomic E-state index is 13.4. The summed E-state index contributed by atoms with van der Waals surface area (Å²) in [5.74, 6) is 1.68. The summed E-state index contributed by atoms with van der Waals surface area (Å²) in [6, 6.07) is 9.75. The van der Waals surface area contributed by atoms with Gasteiger partial charge in [0.1, 0.15) is 13.2 Å². The highest BCUT2D eigenvalue weighted by Crippen LogP contribution is 2.38. The topological polar surface area (TPSA) is 59.1 Å². The van der Waals surface area contributed by atoms with Gasteiger partial charge in [0, 0.05) is 23.4 Å². The van der Waals surface area contributed by atoms with E-state index in [1.165, 1.54) is 4.88 Å². The summed E-state index contributed by atoms with van der Waals surface area (Å²) in [4.78, 5) is 31.2. The zero-order valence-corrected chi connectivity index (χ0v) is 18.6. The van der Waals surface area contributed by atoms with Crippen molar-refractivity contribution in [3.05, 3.63) is 46.2 Å². The van der Waals surface area contributed by atoms with Gasteiger partial charge in [0.25, 0.3) is 0 Å². The Morgan fingerprint density at radius 2 is 1.90 bits per heavy atom. The van der Waals surface area contributed by atoms with Crippen LogP contribution < -0.4 is 9.47 Å². The minimum Gasteiger partial charge on any atom is -0.493 e. The highest BCUT2D eigenvalue weighted by Gasteiger charge is 2.42. The third kappa shape index (κ3) is 4.28. The van der Waals surface area contributed by atoms with E-state index in [-0.39, 0.29) is 36.4 Å². The van der Waals surface area contributed by atoms with Crippen LogP contribution in [0.1, 0.15) is 42.2 Å². The number of benzene rings is 1. The first-order valence-corrected chi connectivity index (χ1v) is 12.0. The fourth-order valence-corrected chi connectivity index (χ4v) is 5.28. The molecule has 0 N–H and O–H groups in total. The van der Waals surface area contributed by atoms with Crippen molar-refractivity contribution in [2.24, 2.45) is 5.92 Å². The smallest absolute Gasteiger partial charge is 0.242 e. The van der Waals surface area contributed by atoms with E-state index in [9.17, 15) is 9.59 Å². The maximum absolute atomic E-state index is 13.4. The molecule has 31 heavy (non-hydrogen) atoms. The Morgan fingerprint density at radius 3 is 2.61 bits per heavy atom. The molecule has 0 radical (unpaired) electrons. The number of thiophene rings is 1. The lowest BCUT2D eigenvalue weighted by Crippen LogP contribution is -2.48. The Balaban J connectivity index is 1.33. The standard InChI is InChI=1S/C24H28N2O4S/c1-29-20-4-2-3-5-21(20)30-15-19-18-11-13-31-22(18)10-12-25(19)23(27)14-26(17-8-9-17)24(28)16-6-7-16/h2-5,11,13,16-17,19H,6-10,12,14-15H2,1H3. The van der Waals surface area contributed by atoms with Crippen LogP contribution in [0.4, 0.5) is 0 Å². The highest BCUT2D eigenvalue weighted by molar-refractivity contribution is 7.10. The first-order valence-electron chi connectivity index (χ1n) is 11.1. The van der Waals surface area contributed by atoms with Gasteiger partial charge in [-0.2, -0.15) is 0 Å². The molecular weight excluding hydrogens is 412 g/mol. The third-order valence-electron chi connectivity index (χ3n) is 6.38. The lowest BCUT2D eigenvalue weighted by molar-refractivity contribution is -0.143. The normalized spacial score (nSPS) is 20.2. The molecule has 2 heterocycles. The lowest BCUT2D eigenvalue weighted by atomic mass is 10.0. The van der Waals surface area contributed by atoms with Gasteiger partial charge >= 0.3 is 0 Å². The Bertz CT molecular complexity index is 966. The quantitative estimate of drug-likeness (QED) is 0.629. The van der Waals surface area contributed by atoms with Gasteiger partial charge < -0.3 is 19.3 Å². The van der Waals surface area contributed by atoms with Crippen LogP contribution in [0.5, 0.6) is 11.5 Å². The molecule has 5 rings (SSSR count). The highest BCUT2D eigenvalue weighted by atomic mass is 32.1. The van der Waals surface area contributed by atoms with E-state index in [0.29, 0.717) is 24.7 Å². The van der Waals surface area contributed by atoms with Gasteiger partial charge in [-0.05, 0) is 61.2 Å². The van der Waals surface area contributed by atoms with E-state index >= 15 is 0 Å². The molecule has 1 unspecified atom stereocenters. The number of hydrogen-bond acceptors (Lipinski definition) is 5. The van der Waals surface area contributed by atoms with Gasteiger partial charge in [-0.25, -0.2) is 0 Å². The largest absolute Gasteiger partial charge is 0.493 e. The zero-order chi connectivity index (χ0) is 21.4. The molecule has 3 aliphatic rings. The van der Waals surface area contributed by atoms with Crippen LogP contribution in [0.3, 0.4) is 0 Å². The van der Waals surface area contributed by atoms with Gasteiger partial charge in [-0.1, -0.05) is 12.1 Å². The number of rotatable bonds is 8. The van der Waals surface area contributed by atoms with Crippen molar-refractivity contribution in [2.75, 3.05) is 26.8 Å². The van der Waals surface area contributed by atoms with E-state index < -0.39 is 0 Å². The van der Waals surface area contributed by atoms with Crippen molar-refractivity contribution in [2.45, 2.75) is 44.2 Å². The van der Waals surface area contributed by atoms with Crippen molar-refractivity contribution in [3.63, 3.8) is 0 Å². The Kier molecular flexibility index (Phi) is 5.61. The summed E-state index contributed by atoms with van der Waals surface area (Å²) < 4.78 is 11.5. The van der Waals surface area contributed by atoms with E-state index in [4.69, 9.17) is 9.47 Å². The lowest BCUT2D eigenvalue weighted by Gasteiger charge is -2.37. The first-order chi connectivity index (χ1) is 15.2. The number of para-hydroxylation sites is 2. The summed E-state index contributed by atoms with van der Waals surface area (Å²) in [6.07, 6.45) is 4.81. The Hall–Kier alpha value is -2.54. The van der Waals surface area contributed by atoms with Crippen molar-refractivity contribution in [3.8, 4) is 11.5 Å². The van der Waals surface area contributed by atoms with Crippen LogP contribution in [0.2, 0.25) is 0 Å². The van der Waals surface area contributed by atoms with Gasteiger partial charge in [0.2, 0.25) is 11.8 Å². The minimum absolute atomic E-state index is 0.0198. The number of nitrogens with zero attached hydrogens (tertiary/aromatic N) is 2. The second kappa shape index (κ2) is 8.54. The van der Waals surface area contributed by atoms with Crippen LogP contribution in [0.15, 0.2) is 35.7 Å². The number of carbonyl (C=O) groups is 2. The molecule has 164 valence electrons. The summed E-state index contributed by atoms with van der Waals surface area (Å²) in [5.41, 5.74) is 1.16. The molecule has 2 aromatic rings. The predicted octanol–water partition coefficient (Wildman–Crippen LogP) is 3.66. The number of carbonyl (C=O) groups excluding carboxylic acids is 2. The molecule has 7 heteroatoms. The monoisotopic (exact) mass is 440 g/mol. The van der Waals surface area contributed by atoms with Gasteiger partial charge in [-0.15, -0.1) is 11.3 Å². The second-order valence-electron chi connectivity index (χ2n) is 8.59. The van der Waals surface area contributed by atoms with Crippen LogP contribution in [0, 0.1) is 5.92 Å². The number of fused-ring (bicyclic) bond motifs is 1. The number of amides is 2. The summed E-state index contributed by atoms with van der Waals surface area (Å²) >= 11 is 1.74. The molecule has 0 bridgehead atoms. The van der Waals surface area contributed by atoms with E-state index in [2.05, 4.69) is 11.4 Å². The molecule has 2 saturated carbocycles. The molecule has 1 atom stereocenters. The van der Waals surface area contributed by atoms with Crippen molar-refractivity contribution < 1.29 is 19.1 Å². The number of ether oxygens (including phenoxy) is 2. The molecule has 0 spiro atoms.